The fourth-order valence-corrected chi connectivity index (χ4v) is 3.49. The Hall–Kier alpha value is -1.35. The Morgan fingerprint density at radius 3 is 3.00 bits per heavy atom. The van der Waals surface area contributed by atoms with E-state index in [1.807, 2.05) is 6.07 Å². The first kappa shape index (κ1) is 9.66. The van der Waals surface area contributed by atoms with Crippen LogP contribution in [0.2, 0.25) is 0 Å². The smallest absolute Gasteiger partial charge is 0.121 e. The van der Waals surface area contributed by atoms with Crippen LogP contribution in [-0.2, 0) is 6.54 Å². The number of likely N-dealkylation sites (tertiary alicyclic amines) is 1. The average molecular weight is 227 g/mol. The fourth-order valence-electron chi connectivity index (χ4n) is 3.49. The summed E-state index contributed by atoms with van der Waals surface area (Å²) in [5.74, 6) is 2.09. The number of hydrogen-bond acceptors (Lipinski definition) is 2. The van der Waals surface area contributed by atoms with Crippen molar-refractivity contribution in [2.45, 2.75) is 31.8 Å². The molecule has 3 nitrogen and oxygen atoms in total. The van der Waals surface area contributed by atoms with Gasteiger partial charge >= 0.3 is 0 Å². The van der Waals surface area contributed by atoms with Crippen LogP contribution in [0.25, 0.3) is 11.0 Å². The molecule has 3 heteroatoms. The molecule has 17 heavy (non-hydrogen) atoms. The monoisotopic (exact) mass is 227 g/mol. The van der Waals surface area contributed by atoms with Gasteiger partial charge in [-0.25, -0.2) is 4.98 Å². The number of rotatable bonds is 2. The molecule has 1 saturated heterocycles. The molecule has 1 saturated carbocycles. The molecule has 2 fully saturated rings. The molecule has 0 amide bonds. The largest absolute Gasteiger partial charge is 0.341 e. The Balaban J connectivity index is 1.59. The van der Waals surface area contributed by atoms with E-state index in [1.54, 1.807) is 0 Å². The zero-order valence-corrected chi connectivity index (χ0v) is 9.89. The Kier molecular flexibility index (Phi) is 2.03. The lowest BCUT2D eigenvalue weighted by atomic mass is 10.1. The minimum atomic E-state index is 0.827. The fraction of sp³-hybridized carbons (Fsp3) is 0.500. The summed E-state index contributed by atoms with van der Waals surface area (Å²) in [4.78, 5) is 10.7. The predicted molar refractivity (Wildman–Crippen MR) is 67.6 cm³/mol. The van der Waals surface area contributed by atoms with Gasteiger partial charge in [-0.2, -0.15) is 0 Å². The molecule has 2 heterocycles. The summed E-state index contributed by atoms with van der Waals surface area (Å²) in [7, 11) is 0. The van der Waals surface area contributed by atoms with Crippen molar-refractivity contribution < 1.29 is 0 Å². The van der Waals surface area contributed by atoms with Crippen molar-refractivity contribution in [1.82, 2.24) is 14.9 Å². The number of benzene rings is 1. The topological polar surface area (TPSA) is 31.9 Å². The Morgan fingerprint density at radius 1 is 1.29 bits per heavy atom. The summed E-state index contributed by atoms with van der Waals surface area (Å²) in [5, 5.41) is 0. The molecular formula is C14H17N3. The van der Waals surface area contributed by atoms with Gasteiger partial charge in [-0.3, -0.25) is 4.90 Å². The second-order valence-electron chi connectivity index (χ2n) is 5.46. The maximum absolute atomic E-state index is 4.66. The maximum Gasteiger partial charge on any atom is 0.121 e. The number of hydrogen-bond donors (Lipinski definition) is 1. The second-order valence-corrected chi connectivity index (χ2v) is 5.46. The van der Waals surface area contributed by atoms with Crippen molar-refractivity contribution in [3.63, 3.8) is 0 Å². The number of nitrogens with zero attached hydrogens (tertiary/aromatic N) is 2. The zero-order valence-electron chi connectivity index (χ0n) is 9.89. The normalized spacial score (nSPS) is 28.2. The van der Waals surface area contributed by atoms with Crippen molar-refractivity contribution in [2.24, 2.45) is 5.92 Å². The van der Waals surface area contributed by atoms with Gasteiger partial charge in [0.15, 0.2) is 0 Å². The molecule has 0 radical (unpaired) electrons. The number of aromatic nitrogens is 2. The molecule has 2 atom stereocenters. The first-order valence-corrected chi connectivity index (χ1v) is 6.56. The van der Waals surface area contributed by atoms with Gasteiger partial charge in [0.2, 0.25) is 0 Å². The average Bonchev–Trinajstić information content (AvgIpc) is 3.01. The maximum atomic E-state index is 4.66. The molecule has 2 bridgehead atoms. The highest BCUT2D eigenvalue weighted by atomic mass is 15.2. The van der Waals surface area contributed by atoms with E-state index in [9.17, 15) is 0 Å². The first-order valence-electron chi connectivity index (χ1n) is 6.56. The molecule has 88 valence electrons. The number of piperidine rings is 1. The lowest BCUT2D eigenvalue weighted by Crippen LogP contribution is -2.31. The first-order chi connectivity index (χ1) is 8.38. The van der Waals surface area contributed by atoms with E-state index in [2.05, 4.69) is 33.1 Å². The molecule has 2 aromatic rings. The summed E-state index contributed by atoms with van der Waals surface area (Å²) in [5.41, 5.74) is 2.25. The third-order valence-corrected chi connectivity index (χ3v) is 4.31. The van der Waals surface area contributed by atoms with Crippen LogP contribution in [0.4, 0.5) is 0 Å². The Labute approximate surface area is 101 Å². The summed E-state index contributed by atoms with van der Waals surface area (Å²) in [6, 6.07) is 9.11. The molecule has 1 aliphatic carbocycles. The van der Waals surface area contributed by atoms with E-state index in [0.717, 1.165) is 35.4 Å². The van der Waals surface area contributed by atoms with Gasteiger partial charge in [-0.1, -0.05) is 12.1 Å². The van der Waals surface area contributed by atoms with E-state index >= 15 is 0 Å². The van der Waals surface area contributed by atoms with Crippen LogP contribution in [0, 0.1) is 5.92 Å². The quantitative estimate of drug-likeness (QED) is 0.855. The van der Waals surface area contributed by atoms with Crippen LogP contribution in [-0.4, -0.2) is 27.5 Å². The van der Waals surface area contributed by atoms with Gasteiger partial charge in [0, 0.05) is 12.6 Å². The molecule has 2 unspecified atom stereocenters. The molecule has 1 N–H and O–H groups in total. The number of para-hydroxylation sites is 2. The summed E-state index contributed by atoms with van der Waals surface area (Å²) < 4.78 is 0. The zero-order chi connectivity index (χ0) is 11.2. The number of H-pyrrole nitrogens is 1. The van der Waals surface area contributed by atoms with Gasteiger partial charge in [0.1, 0.15) is 5.82 Å². The number of fused-ring (bicyclic) bond motifs is 3. The summed E-state index contributed by atoms with van der Waals surface area (Å²) >= 11 is 0. The van der Waals surface area contributed by atoms with E-state index in [1.165, 1.54) is 25.8 Å². The molecule has 1 aromatic carbocycles. The van der Waals surface area contributed by atoms with E-state index in [4.69, 9.17) is 0 Å². The lowest BCUT2D eigenvalue weighted by molar-refractivity contribution is 0.201. The van der Waals surface area contributed by atoms with Crippen LogP contribution >= 0.6 is 0 Å². The van der Waals surface area contributed by atoms with Gasteiger partial charge in [0.25, 0.3) is 0 Å². The van der Waals surface area contributed by atoms with Gasteiger partial charge in [-0.15, -0.1) is 0 Å². The van der Waals surface area contributed by atoms with E-state index < -0.39 is 0 Å². The third-order valence-electron chi connectivity index (χ3n) is 4.31. The Morgan fingerprint density at radius 2 is 2.24 bits per heavy atom. The van der Waals surface area contributed by atoms with Crippen LogP contribution in [0.3, 0.4) is 0 Å². The predicted octanol–water partition coefficient (Wildman–Crippen LogP) is 2.55. The Bertz CT molecular complexity index is 512. The van der Waals surface area contributed by atoms with Gasteiger partial charge < -0.3 is 4.98 Å². The minimum absolute atomic E-state index is 0.827. The number of imidazole rings is 1. The molecule has 4 rings (SSSR count). The van der Waals surface area contributed by atoms with E-state index in [0.29, 0.717) is 0 Å². The molecule has 1 aliphatic heterocycles. The number of nitrogens with one attached hydrogen (secondary N) is 1. The molecule has 0 spiro atoms. The van der Waals surface area contributed by atoms with Crippen molar-refractivity contribution in [1.29, 1.82) is 0 Å². The SMILES string of the molecule is c1ccc2[nH]c(CN3CC4CCC3C4)nc2c1. The summed E-state index contributed by atoms with van der Waals surface area (Å²) in [6.07, 6.45) is 4.26. The second kappa shape index (κ2) is 3.57. The van der Waals surface area contributed by atoms with Crippen molar-refractivity contribution in [3.05, 3.63) is 30.1 Å². The van der Waals surface area contributed by atoms with Crippen molar-refractivity contribution in [2.75, 3.05) is 6.54 Å². The standard InChI is InChI=1S/C14H17N3/c1-2-4-13-12(3-1)15-14(16-13)9-17-8-10-5-6-11(17)7-10/h1-4,10-11H,5-9H2,(H,15,16). The van der Waals surface area contributed by atoms with Crippen LogP contribution in [0.5, 0.6) is 0 Å². The van der Waals surface area contributed by atoms with Crippen LogP contribution < -0.4 is 0 Å². The minimum Gasteiger partial charge on any atom is -0.341 e. The molecular weight excluding hydrogens is 210 g/mol. The highest BCUT2D eigenvalue weighted by Crippen LogP contribution is 2.37. The van der Waals surface area contributed by atoms with E-state index in [-0.39, 0.29) is 0 Å². The van der Waals surface area contributed by atoms with Crippen molar-refractivity contribution >= 4 is 11.0 Å². The molecule has 2 aliphatic rings. The van der Waals surface area contributed by atoms with Crippen molar-refractivity contribution in [3.8, 4) is 0 Å². The highest BCUT2D eigenvalue weighted by Gasteiger charge is 2.37. The molecule has 1 aromatic heterocycles. The van der Waals surface area contributed by atoms with Gasteiger partial charge in [0.05, 0.1) is 17.6 Å². The van der Waals surface area contributed by atoms with Crippen LogP contribution in [0.15, 0.2) is 24.3 Å². The van der Waals surface area contributed by atoms with Gasteiger partial charge in [-0.05, 0) is 37.3 Å². The number of aromatic amines is 1. The third kappa shape index (κ3) is 1.57. The lowest BCUT2D eigenvalue weighted by Gasteiger charge is -2.25. The highest BCUT2D eigenvalue weighted by molar-refractivity contribution is 5.74. The van der Waals surface area contributed by atoms with Crippen LogP contribution in [0.1, 0.15) is 25.1 Å². The summed E-state index contributed by atoms with van der Waals surface area (Å²) in [6.45, 7) is 2.28.